The number of hydrogen-bond donors (Lipinski definition) is 1. The predicted octanol–water partition coefficient (Wildman–Crippen LogP) is 3.28. The molecule has 156 valence electrons. The largest absolute Gasteiger partial charge is 0.454 e. The van der Waals surface area contributed by atoms with Gasteiger partial charge in [-0.1, -0.05) is 11.6 Å². The topological polar surface area (TPSA) is 80.3 Å². The first-order chi connectivity index (χ1) is 14.3. The summed E-state index contributed by atoms with van der Waals surface area (Å²) in [6, 6.07) is 5.47. The molecule has 0 fully saturated rings. The average Bonchev–Trinajstić information content (AvgIpc) is 3.13. The van der Waals surface area contributed by atoms with E-state index in [1.54, 1.807) is 6.07 Å². The molecule has 1 aromatic carbocycles. The summed E-state index contributed by atoms with van der Waals surface area (Å²) >= 11 is 6.36. The quantitative estimate of drug-likeness (QED) is 0.618. The number of rotatable bonds is 2. The molecule has 0 saturated heterocycles. The third-order valence-electron chi connectivity index (χ3n) is 5.15. The van der Waals surface area contributed by atoms with E-state index in [1.807, 2.05) is 22.0 Å². The highest BCUT2D eigenvalue weighted by atomic mass is 35.5. The van der Waals surface area contributed by atoms with Gasteiger partial charge in [0.1, 0.15) is 5.15 Å². The minimum atomic E-state index is -4.69. The van der Waals surface area contributed by atoms with E-state index in [2.05, 4.69) is 9.97 Å². The van der Waals surface area contributed by atoms with Gasteiger partial charge in [-0.15, -0.1) is 0 Å². The molecule has 0 atom stereocenters. The normalized spacial score (nSPS) is 16.1. The van der Waals surface area contributed by atoms with E-state index in [0.29, 0.717) is 35.3 Å². The molecule has 0 bridgehead atoms. The summed E-state index contributed by atoms with van der Waals surface area (Å²) in [5, 5.41) is 1.14. The number of H-pyrrole nitrogens is 1. The molecule has 3 aromatic rings. The molecule has 7 nitrogen and oxygen atoms in total. The molecule has 0 radical (unpaired) electrons. The molecule has 2 aliphatic rings. The van der Waals surface area contributed by atoms with Crippen molar-refractivity contribution in [2.24, 2.45) is 0 Å². The van der Waals surface area contributed by atoms with Crippen LogP contribution in [0.25, 0.3) is 10.9 Å². The van der Waals surface area contributed by atoms with Crippen molar-refractivity contribution < 1.29 is 22.6 Å². The van der Waals surface area contributed by atoms with Gasteiger partial charge in [0, 0.05) is 43.1 Å². The molecular formula is C19H14ClF3N4O3. The number of benzene rings is 1. The minimum Gasteiger partial charge on any atom is -0.454 e. The standard InChI is InChI=1S/C19H14ClF3N4O3/c20-16-10(3-9-4-14-15(30-8-29-14)5-13(9)24-16)6-27-2-1-12-11(7-27)17(28)26-18(25-12)19(21,22)23/h3-5H,1-2,6-8H2,(H,25,26,28). The highest BCUT2D eigenvalue weighted by molar-refractivity contribution is 6.30. The molecule has 30 heavy (non-hydrogen) atoms. The lowest BCUT2D eigenvalue weighted by molar-refractivity contribution is -0.145. The molecule has 2 aromatic heterocycles. The smallest absolute Gasteiger partial charge is 0.449 e. The summed E-state index contributed by atoms with van der Waals surface area (Å²) in [5.74, 6) is -0.0286. The van der Waals surface area contributed by atoms with Gasteiger partial charge in [0.15, 0.2) is 11.5 Å². The van der Waals surface area contributed by atoms with Crippen molar-refractivity contribution in [3.05, 3.63) is 56.4 Å². The summed E-state index contributed by atoms with van der Waals surface area (Å²) in [6.45, 7) is 1.15. The van der Waals surface area contributed by atoms with E-state index >= 15 is 0 Å². The number of ether oxygens (including phenoxy) is 2. The van der Waals surface area contributed by atoms with Gasteiger partial charge >= 0.3 is 6.18 Å². The van der Waals surface area contributed by atoms with Crippen molar-refractivity contribution in [2.75, 3.05) is 13.3 Å². The van der Waals surface area contributed by atoms with Crippen LogP contribution in [0.1, 0.15) is 22.6 Å². The highest BCUT2D eigenvalue weighted by Crippen LogP contribution is 2.36. The molecular weight excluding hydrogens is 425 g/mol. The summed E-state index contributed by atoms with van der Waals surface area (Å²) < 4.78 is 49.4. The number of nitrogens with zero attached hydrogens (tertiary/aromatic N) is 3. The Kier molecular flexibility index (Phi) is 4.37. The highest BCUT2D eigenvalue weighted by Gasteiger charge is 2.36. The zero-order valence-corrected chi connectivity index (χ0v) is 16.1. The second kappa shape index (κ2) is 6.85. The molecule has 0 amide bonds. The lowest BCUT2D eigenvalue weighted by atomic mass is 10.1. The number of fused-ring (bicyclic) bond motifs is 3. The number of aromatic amines is 1. The fraction of sp³-hybridized carbons (Fsp3) is 0.316. The number of halogens is 4. The average molecular weight is 439 g/mol. The molecule has 11 heteroatoms. The Bertz CT molecular complexity index is 1230. The summed E-state index contributed by atoms with van der Waals surface area (Å²) in [7, 11) is 0. The zero-order chi connectivity index (χ0) is 21.0. The van der Waals surface area contributed by atoms with Crippen LogP contribution in [0, 0.1) is 0 Å². The molecule has 0 spiro atoms. The third-order valence-corrected chi connectivity index (χ3v) is 5.47. The number of nitrogens with one attached hydrogen (secondary N) is 1. The molecule has 0 saturated carbocycles. The van der Waals surface area contributed by atoms with Crippen LogP contribution >= 0.6 is 11.6 Å². The van der Waals surface area contributed by atoms with E-state index in [1.165, 1.54) is 0 Å². The van der Waals surface area contributed by atoms with E-state index in [4.69, 9.17) is 21.1 Å². The molecule has 4 heterocycles. The van der Waals surface area contributed by atoms with Crippen LogP contribution in [0.5, 0.6) is 11.5 Å². The molecule has 0 aliphatic carbocycles. The van der Waals surface area contributed by atoms with E-state index in [0.717, 1.165) is 10.9 Å². The van der Waals surface area contributed by atoms with Crippen LogP contribution in [-0.4, -0.2) is 33.2 Å². The summed E-state index contributed by atoms with van der Waals surface area (Å²) in [6.07, 6.45) is -4.45. The number of alkyl halides is 3. The van der Waals surface area contributed by atoms with Crippen LogP contribution < -0.4 is 15.0 Å². The summed E-state index contributed by atoms with van der Waals surface area (Å²) in [4.78, 5) is 24.0. The first-order valence-corrected chi connectivity index (χ1v) is 9.46. The van der Waals surface area contributed by atoms with Crippen molar-refractivity contribution in [1.82, 2.24) is 19.9 Å². The predicted molar refractivity (Wildman–Crippen MR) is 101 cm³/mol. The SMILES string of the molecule is O=c1[nH]c(C(F)(F)F)nc2c1CN(Cc1cc3cc4c(cc3nc1Cl)OCO4)CC2. The van der Waals surface area contributed by atoms with Crippen LogP contribution in [0.15, 0.2) is 23.0 Å². The second-order valence-electron chi connectivity index (χ2n) is 7.13. The zero-order valence-electron chi connectivity index (χ0n) is 15.3. The first kappa shape index (κ1) is 19.1. The Morgan fingerprint density at radius 2 is 1.93 bits per heavy atom. The Balaban J connectivity index is 1.42. The van der Waals surface area contributed by atoms with Crippen molar-refractivity contribution in [3.63, 3.8) is 0 Å². The van der Waals surface area contributed by atoms with Gasteiger partial charge in [-0.3, -0.25) is 9.69 Å². The molecule has 2 aliphatic heterocycles. The lowest BCUT2D eigenvalue weighted by Crippen LogP contribution is -2.36. The van der Waals surface area contributed by atoms with Crippen LogP contribution in [0.3, 0.4) is 0 Å². The fourth-order valence-corrected chi connectivity index (χ4v) is 3.89. The fourth-order valence-electron chi connectivity index (χ4n) is 3.69. The van der Waals surface area contributed by atoms with Crippen LogP contribution in [0.2, 0.25) is 5.15 Å². The van der Waals surface area contributed by atoms with Crippen molar-refractivity contribution in [1.29, 1.82) is 0 Å². The van der Waals surface area contributed by atoms with Gasteiger partial charge in [-0.05, 0) is 12.1 Å². The van der Waals surface area contributed by atoms with Crippen molar-refractivity contribution >= 4 is 22.5 Å². The van der Waals surface area contributed by atoms with Gasteiger partial charge in [0.05, 0.1) is 16.8 Å². The Morgan fingerprint density at radius 3 is 2.70 bits per heavy atom. The number of pyridine rings is 1. The maximum Gasteiger partial charge on any atom is 0.449 e. The Labute approximate surface area is 172 Å². The van der Waals surface area contributed by atoms with Crippen LogP contribution in [0.4, 0.5) is 13.2 Å². The Hall–Kier alpha value is -2.85. The van der Waals surface area contributed by atoms with Gasteiger partial charge in [-0.25, -0.2) is 9.97 Å². The van der Waals surface area contributed by atoms with E-state index < -0.39 is 17.6 Å². The van der Waals surface area contributed by atoms with Crippen molar-refractivity contribution in [3.8, 4) is 11.5 Å². The van der Waals surface area contributed by atoms with Gasteiger partial charge < -0.3 is 14.5 Å². The maximum absolute atomic E-state index is 12.9. The molecule has 5 rings (SSSR count). The second-order valence-corrected chi connectivity index (χ2v) is 7.49. The summed E-state index contributed by atoms with van der Waals surface area (Å²) in [5.41, 5.74) is 1.05. The van der Waals surface area contributed by atoms with E-state index in [9.17, 15) is 18.0 Å². The van der Waals surface area contributed by atoms with Crippen molar-refractivity contribution in [2.45, 2.75) is 25.7 Å². The van der Waals surface area contributed by atoms with Gasteiger partial charge in [0.25, 0.3) is 5.56 Å². The first-order valence-electron chi connectivity index (χ1n) is 9.08. The minimum absolute atomic E-state index is 0.151. The van der Waals surface area contributed by atoms with Gasteiger partial charge in [0.2, 0.25) is 12.6 Å². The molecule has 0 unspecified atom stereocenters. The molecule has 1 N–H and O–H groups in total. The monoisotopic (exact) mass is 438 g/mol. The number of aromatic nitrogens is 3. The van der Waals surface area contributed by atoms with Crippen LogP contribution in [-0.2, 0) is 25.7 Å². The van der Waals surface area contributed by atoms with E-state index in [-0.39, 0.29) is 31.0 Å². The number of hydrogen-bond acceptors (Lipinski definition) is 6. The lowest BCUT2D eigenvalue weighted by Gasteiger charge is -2.28. The Morgan fingerprint density at radius 1 is 1.17 bits per heavy atom. The maximum atomic E-state index is 12.9. The van der Waals surface area contributed by atoms with Gasteiger partial charge in [-0.2, -0.15) is 13.2 Å². The third kappa shape index (κ3) is 3.35.